The summed E-state index contributed by atoms with van der Waals surface area (Å²) in [5.74, 6) is 1.32. The van der Waals surface area contributed by atoms with Crippen molar-refractivity contribution in [2.45, 2.75) is 33.6 Å². The molecule has 0 aliphatic carbocycles. The number of nitrogens with one attached hydrogen (secondary N) is 1. The maximum atomic E-state index is 12.4. The Bertz CT molecular complexity index is 764. The molecular weight excluding hydrogens is 382 g/mol. The fourth-order valence-electron chi connectivity index (χ4n) is 2.92. The van der Waals surface area contributed by atoms with E-state index in [1.54, 1.807) is 14.2 Å². The molecule has 4 nitrogen and oxygen atoms in total. The van der Waals surface area contributed by atoms with Crippen LogP contribution in [0.25, 0.3) is 0 Å². The number of ether oxygens (including phenoxy) is 2. The number of carbonyl (C=O) groups is 1. The lowest BCUT2D eigenvalue weighted by molar-refractivity contribution is -0.116. The van der Waals surface area contributed by atoms with Crippen molar-refractivity contribution in [2.75, 3.05) is 19.5 Å². The van der Waals surface area contributed by atoms with Crippen LogP contribution >= 0.6 is 15.9 Å². The molecule has 25 heavy (non-hydrogen) atoms. The van der Waals surface area contributed by atoms with E-state index in [0.717, 1.165) is 26.9 Å². The topological polar surface area (TPSA) is 47.6 Å². The second-order valence-corrected chi connectivity index (χ2v) is 6.97. The number of anilines is 1. The van der Waals surface area contributed by atoms with E-state index in [1.807, 2.05) is 26.0 Å². The van der Waals surface area contributed by atoms with Crippen LogP contribution in [0.5, 0.6) is 11.5 Å². The van der Waals surface area contributed by atoms with E-state index in [1.165, 1.54) is 5.56 Å². The number of hydrogen-bond acceptors (Lipinski definition) is 3. The van der Waals surface area contributed by atoms with Gasteiger partial charge in [0.1, 0.15) is 0 Å². The fraction of sp³-hybridized carbons (Fsp3) is 0.350. The van der Waals surface area contributed by atoms with Gasteiger partial charge in [-0.25, -0.2) is 0 Å². The molecule has 0 saturated heterocycles. The number of halogens is 1. The van der Waals surface area contributed by atoms with Crippen molar-refractivity contribution in [1.29, 1.82) is 0 Å². The monoisotopic (exact) mass is 405 g/mol. The summed E-state index contributed by atoms with van der Waals surface area (Å²) in [7, 11) is 3.20. The van der Waals surface area contributed by atoms with E-state index in [4.69, 9.17) is 9.47 Å². The molecule has 5 heteroatoms. The van der Waals surface area contributed by atoms with Crippen LogP contribution in [-0.4, -0.2) is 20.1 Å². The molecule has 0 heterocycles. The molecule has 0 fully saturated rings. The van der Waals surface area contributed by atoms with Gasteiger partial charge in [0.25, 0.3) is 0 Å². The highest BCUT2D eigenvalue weighted by Crippen LogP contribution is 2.34. The first-order valence-electron chi connectivity index (χ1n) is 8.13. The minimum absolute atomic E-state index is 0.00302. The van der Waals surface area contributed by atoms with Crippen molar-refractivity contribution in [2.24, 2.45) is 0 Å². The highest BCUT2D eigenvalue weighted by molar-refractivity contribution is 9.10. The number of methoxy groups -OCH3 is 2. The zero-order chi connectivity index (χ0) is 18.6. The molecule has 0 aromatic heterocycles. The number of hydrogen-bond donors (Lipinski definition) is 1. The third kappa shape index (κ3) is 4.75. The van der Waals surface area contributed by atoms with Crippen LogP contribution in [0.3, 0.4) is 0 Å². The van der Waals surface area contributed by atoms with Gasteiger partial charge in [-0.05, 0) is 56.0 Å². The summed E-state index contributed by atoms with van der Waals surface area (Å²) in [5.41, 5.74) is 5.27. The summed E-state index contributed by atoms with van der Waals surface area (Å²) >= 11 is 3.53. The molecule has 2 aromatic rings. The Balaban J connectivity index is 2.08. The van der Waals surface area contributed by atoms with E-state index in [2.05, 4.69) is 40.3 Å². The van der Waals surface area contributed by atoms with Crippen molar-refractivity contribution < 1.29 is 14.3 Å². The lowest BCUT2D eigenvalue weighted by atomic mass is 10.0. The van der Waals surface area contributed by atoms with Gasteiger partial charge in [-0.3, -0.25) is 4.79 Å². The Morgan fingerprint density at radius 2 is 1.56 bits per heavy atom. The molecule has 0 atom stereocenters. The largest absolute Gasteiger partial charge is 0.493 e. The van der Waals surface area contributed by atoms with Gasteiger partial charge in [0.2, 0.25) is 5.91 Å². The van der Waals surface area contributed by atoms with E-state index in [-0.39, 0.29) is 5.91 Å². The van der Waals surface area contributed by atoms with E-state index in [9.17, 15) is 4.79 Å². The van der Waals surface area contributed by atoms with Gasteiger partial charge in [-0.1, -0.05) is 33.6 Å². The number of amides is 1. The van der Waals surface area contributed by atoms with Gasteiger partial charge in [-0.15, -0.1) is 0 Å². The smallest absolute Gasteiger partial charge is 0.224 e. The van der Waals surface area contributed by atoms with Gasteiger partial charge in [0, 0.05) is 16.6 Å². The van der Waals surface area contributed by atoms with Crippen LogP contribution in [0.1, 0.15) is 28.7 Å². The highest BCUT2D eigenvalue weighted by Gasteiger charge is 2.12. The Hall–Kier alpha value is -2.01. The van der Waals surface area contributed by atoms with Gasteiger partial charge in [0.05, 0.1) is 14.2 Å². The first kappa shape index (κ1) is 19.3. The zero-order valence-electron chi connectivity index (χ0n) is 15.3. The molecule has 0 aliphatic rings. The van der Waals surface area contributed by atoms with Crippen molar-refractivity contribution in [3.05, 3.63) is 51.0 Å². The number of rotatable bonds is 6. The standard InChI is InChI=1S/C20H24BrNO3/c1-12-8-13(2)20(14(3)9-12)22-19(23)7-6-15-10-17(24-4)18(25-5)11-16(15)21/h8-11H,6-7H2,1-5H3,(H,22,23). The van der Waals surface area contributed by atoms with Gasteiger partial charge >= 0.3 is 0 Å². The van der Waals surface area contributed by atoms with Crippen LogP contribution in [0.4, 0.5) is 5.69 Å². The Morgan fingerprint density at radius 3 is 2.12 bits per heavy atom. The maximum Gasteiger partial charge on any atom is 0.224 e. The van der Waals surface area contributed by atoms with Crippen LogP contribution in [0, 0.1) is 20.8 Å². The Kier molecular flexibility index (Phi) is 6.48. The summed E-state index contributed by atoms with van der Waals surface area (Å²) in [4.78, 5) is 12.4. The van der Waals surface area contributed by atoms with E-state index >= 15 is 0 Å². The van der Waals surface area contributed by atoms with Crippen molar-refractivity contribution in [3.8, 4) is 11.5 Å². The number of benzene rings is 2. The average Bonchev–Trinajstić information content (AvgIpc) is 2.56. The SMILES string of the molecule is COc1cc(Br)c(CCC(=O)Nc2c(C)cc(C)cc2C)cc1OC. The van der Waals surface area contributed by atoms with Gasteiger partial charge in [0.15, 0.2) is 11.5 Å². The van der Waals surface area contributed by atoms with Gasteiger partial charge < -0.3 is 14.8 Å². The molecule has 0 bridgehead atoms. The second kappa shape index (κ2) is 8.39. The molecule has 1 amide bonds. The Labute approximate surface area is 157 Å². The van der Waals surface area contributed by atoms with Crippen molar-refractivity contribution in [3.63, 3.8) is 0 Å². The first-order chi connectivity index (χ1) is 11.8. The molecule has 0 radical (unpaired) electrons. The van der Waals surface area contributed by atoms with E-state index in [0.29, 0.717) is 24.3 Å². The molecule has 0 saturated carbocycles. The first-order valence-corrected chi connectivity index (χ1v) is 8.93. The fourth-order valence-corrected chi connectivity index (χ4v) is 3.44. The summed E-state index contributed by atoms with van der Waals surface area (Å²) in [6.07, 6.45) is 0.998. The quantitative estimate of drug-likeness (QED) is 0.738. The van der Waals surface area contributed by atoms with Crippen LogP contribution in [-0.2, 0) is 11.2 Å². The molecular formula is C20H24BrNO3. The second-order valence-electron chi connectivity index (χ2n) is 6.12. The zero-order valence-corrected chi connectivity index (χ0v) is 16.9. The summed E-state index contributed by atoms with van der Waals surface area (Å²) in [6.45, 7) is 6.08. The summed E-state index contributed by atoms with van der Waals surface area (Å²) in [5, 5.41) is 3.04. The third-order valence-corrected chi connectivity index (χ3v) is 4.85. The summed E-state index contributed by atoms with van der Waals surface area (Å²) in [6, 6.07) is 7.92. The van der Waals surface area contributed by atoms with Crippen molar-refractivity contribution >= 4 is 27.5 Å². The molecule has 0 unspecified atom stereocenters. The van der Waals surface area contributed by atoms with E-state index < -0.39 is 0 Å². The van der Waals surface area contributed by atoms with Crippen LogP contribution in [0.2, 0.25) is 0 Å². The predicted molar refractivity (Wildman–Crippen MR) is 105 cm³/mol. The van der Waals surface area contributed by atoms with Gasteiger partial charge in [-0.2, -0.15) is 0 Å². The average molecular weight is 406 g/mol. The lowest BCUT2D eigenvalue weighted by Crippen LogP contribution is -2.14. The Morgan fingerprint density at radius 1 is 1.00 bits per heavy atom. The normalized spacial score (nSPS) is 10.5. The lowest BCUT2D eigenvalue weighted by Gasteiger charge is -2.14. The minimum atomic E-state index is -0.00302. The molecule has 0 aliphatic heterocycles. The maximum absolute atomic E-state index is 12.4. The van der Waals surface area contributed by atoms with Crippen LogP contribution in [0.15, 0.2) is 28.7 Å². The summed E-state index contributed by atoms with van der Waals surface area (Å²) < 4.78 is 11.5. The molecule has 2 aromatic carbocycles. The highest BCUT2D eigenvalue weighted by atomic mass is 79.9. The third-order valence-electron chi connectivity index (χ3n) is 4.12. The molecule has 1 N–H and O–H groups in total. The molecule has 0 spiro atoms. The minimum Gasteiger partial charge on any atom is -0.493 e. The number of aryl methyl sites for hydroxylation is 4. The predicted octanol–water partition coefficient (Wildman–Crippen LogP) is 4.96. The molecule has 2 rings (SSSR count). The van der Waals surface area contributed by atoms with Crippen molar-refractivity contribution in [1.82, 2.24) is 0 Å². The number of carbonyl (C=O) groups excluding carboxylic acids is 1. The van der Waals surface area contributed by atoms with Crippen LogP contribution < -0.4 is 14.8 Å². The molecule has 134 valence electrons.